The van der Waals surface area contributed by atoms with Gasteiger partial charge in [-0.15, -0.1) is 0 Å². The minimum Gasteiger partial charge on any atom is -0.362 e. The molecule has 0 saturated heterocycles. The van der Waals surface area contributed by atoms with Crippen molar-refractivity contribution in [2.45, 2.75) is 12.7 Å². The van der Waals surface area contributed by atoms with Crippen LogP contribution in [0.2, 0.25) is 10.0 Å². The van der Waals surface area contributed by atoms with Crippen molar-refractivity contribution in [2.24, 2.45) is 0 Å². The van der Waals surface area contributed by atoms with E-state index >= 15 is 0 Å². The highest BCUT2D eigenvalue weighted by atomic mass is 79.9. The molecule has 24 heavy (non-hydrogen) atoms. The van der Waals surface area contributed by atoms with Gasteiger partial charge in [-0.05, 0) is 60.6 Å². The number of nitrogens with one attached hydrogen (secondary N) is 2. The smallest absolute Gasteiger partial charge is 0.170 e. The fourth-order valence-electron chi connectivity index (χ4n) is 1.96. The maximum Gasteiger partial charge on any atom is 0.170 e. The van der Waals surface area contributed by atoms with E-state index in [4.69, 9.17) is 35.4 Å². The second kappa shape index (κ2) is 9.88. The van der Waals surface area contributed by atoms with Gasteiger partial charge in [-0.3, -0.25) is 0 Å². The lowest BCUT2D eigenvalue weighted by Gasteiger charge is -2.11. The van der Waals surface area contributed by atoms with E-state index in [1.807, 2.05) is 31.2 Å². The molecular weight excluding hydrogens is 447 g/mol. The van der Waals surface area contributed by atoms with Crippen molar-refractivity contribution in [1.29, 1.82) is 0 Å². The Balaban J connectivity index is 1.68. The van der Waals surface area contributed by atoms with Gasteiger partial charge in [0.15, 0.2) is 5.11 Å². The van der Waals surface area contributed by atoms with Gasteiger partial charge in [0.2, 0.25) is 0 Å². The molecule has 0 aliphatic rings. The fourth-order valence-corrected chi connectivity index (χ4v) is 3.84. The number of thiocarbonyl (C=S) groups is 1. The summed E-state index contributed by atoms with van der Waals surface area (Å²) in [5, 5.41) is 8.40. The van der Waals surface area contributed by atoms with Crippen molar-refractivity contribution in [3.63, 3.8) is 0 Å². The summed E-state index contributed by atoms with van der Waals surface area (Å²) in [5.74, 6) is 1.78. The molecule has 7 heteroatoms. The zero-order chi connectivity index (χ0) is 17.5. The molecule has 0 fully saturated rings. The van der Waals surface area contributed by atoms with Crippen LogP contribution in [0, 0.1) is 6.92 Å². The van der Waals surface area contributed by atoms with E-state index in [0.29, 0.717) is 15.2 Å². The number of benzene rings is 2. The highest BCUT2D eigenvalue weighted by Crippen LogP contribution is 2.24. The van der Waals surface area contributed by atoms with Crippen LogP contribution in [0.3, 0.4) is 0 Å². The lowest BCUT2D eigenvalue weighted by Crippen LogP contribution is -2.30. The number of rotatable bonds is 6. The van der Waals surface area contributed by atoms with Gasteiger partial charge in [0.25, 0.3) is 0 Å². The topological polar surface area (TPSA) is 24.1 Å². The highest BCUT2D eigenvalue weighted by molar-refractivity contribution is 9.10. The summed E-state index contributed by atoms with van der Waals surface area (Å²) in [6.45, 7) is 2.83. The maximum atomic E-state index is 6.16. The predicted molar refractivity (Wildman–Crippen MR) is 116 cm³/mol. The highest BCUT2D eigenvalue weighted by Gasteiger charge is 2.03. The van der Waals surface area contributed by atoms with E-state index < -0.39 is 0 Å². The fraction of sp³-hybridized carbons (Fsp3) is 0.235. The van der Waals surface area contributed by atoms with E-state index in [0.717, 1.165) is 39.3 Å². The number of aryl methyl sites for hydroxylation is 1. The van der Waals surface area contributed by atoms with Crippen molar-refractivity contribution < 1.29 is 0 Å². The van der Waals surface area contributed by atoms with Gasteiger partial charge in [-0.2, -0.15) is 11.8 Å². The Morgan fingerprint density at radius 3 is 2.71 bits per heavy atom. The molecule has 0 heterocycles. The Kier molecular flexibility index (Phi) is 8.17. The van der Waals surface area contributed by atoms with Crippen LogP contribution in [-0.2, 0) is 5.75 Å². The lowest BCUT2D eigenvalue weighted by molar-refractivity contribution is 0.989. The first-order chi connectivity index (χ1) is 11.5. The molecule has 128 valence electrons. The summed E-state index contributed by atoms with van der Waals surface area (Å²) in [6, 6.07) is 11.6. The number of hydrogen-bond donors (Lipinski definition) is 2. The van der Waals surface area contributed by atoms with Crippen molar-refractivity contribution in [3.05, 3.63) is 62.0 Å². The number of anilines is 1. The molecule has 0 unspecified atom stereocenters. The third-order valence-corrected chi connectivity index (χ3v) is 5.95. The van der Waals surface area contributed by atoms with E-state index in [9.17, 15) is 0 Å². The molecule has 0 amide bonds. The monoisotopic (exact) mass is 462 g/mol. The van der Waals surface area contributed by atoms with Crippen LogP contribution in [0.1, 0.15) is 11.1 Å². The molecule has 2 rings (SSSR count). The molecule has 0 saturated carbocycles. The Morgan fingerprint density at radius 2 is 2.00 bits per heavy atom. The second-order valence-electron chi connectivity index (χ2n) is 5.13. The van der Waals surface area contributed by atoms with Crippen LogP contribution in [-0.4, -0.2) is 17.4 Å². The van der Waals surface area contributed by atoms with Crippen molar-refractivity contribution in [3.8, 4) is 0 Å². The van der Waals surface area contributed by atoms with Crippen LogP contribution < -0.4 is 10.6 Å². The molecule has 0 spiro atoms. The molecule has 0 radical (unpaired) electrons. The summed E-state index contributed by atoms with van der Waals surface area (Å²) in [7, 11) is 0. The first kappa shape index (κ1) is 19.9. The number of halogens is 3. The lowest BCUT2D eigenvalue weighted by atomic mass is 10.2. The third-order valence-electron chi connectivity index (χ3n) is 3.22. The van der Waals surface area contributed by atoms with E-state index in [2.05, 4.69) is 32.6 Å². The minimum absolute atomic E-state index is 0.627. The molecule has 0 aromatic heterocycles. The molecule has 0 atom stereocenters. The van der Waals surface area contributed by atoms with Gasteiger partial charge in [0.1, 0.15) is 0 Å². The average Bonchev–Trinajstić information content (AvgIpc) is 2.52. The molecule has 0 bridgehead atoms. The Labute approximate surface area is 170 Å². The predicted octanol–water partition coefficient (Wildman–Crippen LogP) is 6.28. The van der Waals surface area contributed by atoms with Gasteiger partial charge in [-0.1, -0.05) is 45.2 Å². The van der Waals surface area contributed by atoms with Crippen LogP contribution in [0.15, 0.2) is 40.9 Å². The summed E-state index contributed by atoms with van der Waals surface area (Å²) in [4.78, 5) is 0. The molecule has 2 N–H and O–H groups in total. The summed E-state index contributed by atoms with van der Waals surface area (Å²) in [5.41, 5.74) is 3.24. The van der Waals surface area contributed by atoms with Gasteiger partial charge in [-0.25, -0.2) is 0 Å². The zero-order valence-corrected chi connectivity index (χ0v) is 17.8. The van der Waals surface area contributed by atoms with Crippen molar-refractivity contribution in [1.82, 2.24) is 5.32 Å². The minimum atomic E-state index is 0.627. The molecule has 2 aromatic rings. The van der Waals surface area contributed by atoms with Crippen LogP contribution in [0.4, 0.5) is 5.69 Å². The molecule has 2 nitrogen and oxygen atoms in total. The normalized spacial score (nSPS) is 10.5. The molecule has 0 aliphatic heterocycles. The standard InChI is InChI=1S/C17H17BrCl2N2S2/c1-11-8-14(4-5-15(11)18)22-17(23)21-6-7-24-10-12-2-3-13(19)9-16(12)20/h2-5,8-9H,6-7,10H2,1H3,(H2,21,22,23). The summed E-state index contributed by atoms with van der Waals surface area (Å²) >= 11 is 22.6. The second-order valence-corrected chi connectivity index (χ2v) is 8.34. The summed E-state index contributed by atoms with van der Waals surface area (Å²) in [6.07, 6.45) is 0. The van der Waals surface area contributed by atoms with E-state index in [1.165, 1.54) is 0 Å². The van der Waals surface area contributed by atoms with Gasteiger partial charge < -0.3 is 10.6 Å². The van der Waals surface area contributed by atoms with E-state index in [1.54, 1.807) is 17.8 Å². The van der Waals surface area contributed by atoms with Crippen LogP contribution in [0.5, 0.6) is 0 Å². The number of thioether (sulfide) groups is 1. The first-order valence-corrected chi connectivity index (χ1v) is 10.4. The third kappa shape index (κ3) is 6.45. The Morgan fingerprint density at radius 1 is 1.21 bits per heavy atom. The van der Waals surface area contributed by atoms with Gasteiger partial charge in [0, 0.05) is 38.3 Å². The quantitative estimate of drug-likeness (QED) is 0.388. The van der Waals surface area contributed by atoms with Crippen molar-refractivity contribution in [2.75, 3.05) is 17.6 Å². The average molecular weight is 464 g/mol. The van der Waals surface area contributed by atoms with Gasteiger partial charge in [0.05, 0.1) is 0 Å². The van der Waals surface area contributed by atoms with Crippen molar-refractivity contribution >= 4 is 73.9 Å². The Hall–Kier alpha value is -0.460. The molecule has 2 aromatic carbocycles. The Bertz CT molecular complexity index is 726. The molecular formula is C17H17BrCl2N2S2. The SMILES string of the molecule is Cc1cc(NC(=S)NCCSCc2ccc(Cl)cc2Cl)ccc1Br. The van der Waals surface area contributed by atoms with E-state index in [-0.39, 0.29) is 0 Å². The summed E-state index contributed by atoms with van der Waals surface area (Å²) < 4.78 is 1.09. The largest absolute Gasteiger partial charge is 0.362 e. The van der Waals surface area contributed by atoms with Gasteiger partial charge >= 0.3 is 0 Å². The van der Waals surface area contributed by atoms with Crippen LogP contribution >= 0.6 is 63.1 Å². The number of hydrogen-bond acceptors (Lipinski definition) is 2. The zero-order valence-electron chi connectivity index (χ0n) is 13.0. The first-order valence-electron chi connectivity index (χ1n) is 7.28. The maximum absolute atomic E-state index is 6.16. The molecule has 0 aliphatic carbocycles. The van der Waals surface area contributed by atoms with Crippen LogP contribution in [0.25, 0.3) is 0 Å².